The molecule has 148 valence electrons. The summed E-state index contributed by atoms with van der Waals surface area (Å²) >= 11 is 0. The van der Waals surface area contributed by atoms with E-state index in [9.17, 15) is 4.79 Å². The molecule has 7 nitrogen and oxygen atoms in total. The highest BCUT2D eigenvalue weighted by molar-refractivity contribution is 5.92. The molecule has 2 saturated heterocycles. The first-order valence-electron chi connectivity index (χ1n) is 10.2. The summed E-state index contributed by atoms with van der Waals surface area (Å²) in [5.41, 5.74) is 1.35. The minimum absolute atomic E-state index is 0.00204. The molecule has 0 aromatic carbocycles. The Morgan fingerprint density at radius 3 is 2.43 bits per heavy atom. The van der Waals surface area contributed by atoms with Crippen molar-refractivity contribution < 1.29 is 4.79 Å². The molecule has 2 aliphatic rings. The van der Waals surface area contributed by atoms with E-state index in [-0.39, 0.29) is 5.91 Å². The van der Waals surface area contributed by atoms with Crippen molar-refractivity contribution in [1.82, 2.24) is 19.9 Å². The molecule has 2 fully saturated rings. The fraction of sp³-hybridized carbons (Fsp3) is 0.524. The maximum atomic E-state index is 13.1. The number of amides is 1. The van der Waals surface area contributed by atoms with E-state index < -0.39 is 0 Å². The molecule has 0 N–H and O–H groups in total. The Labute approximate surface area is 166 Å². The zero-order chi connectivity index (χ0) is 19.5. The van der Waals surface area contributed by atoms with Gasteiger partial charge in [0.1, 0.15) is 11.5 Å². The van der Waals surface area contributed by atoms with Crippen molar-refractivity contribution in [2.24, 2.45) is 5.92 Å². The van der Waals surface area contributed by atoms with Crippen LogP contribution in [-0.4, -0.2) is 65.0 Å². The normalized spacial score (nSPS) is 18.4. The molecule has 4 rings (SSSR count). The van der Waals surface area contributed by atoms with Gasteiger partial charge in [-0.25, -0.2) is 15.0 Å². The van der Waals surface area contributed by atoms with Gasteiger partial charge in [0.25, 0.3) is 5.91 Å². The van der Waals surface area contributed by atoms with E-state index in [1.807, 2.05) is 36.1 Å². The van der Waals surface area contributed by atoms with Crippen LogP contribution in [0.25, 0.3) is 0 Å². The van der Waals surface area contributed by atoms with Gasteiger partial charge in [-0.3, -0.25) is 4.79 Å². The lowest BCUT2D eigenvalue weighted by Crippen LogP contribution is -2.49. The summed E-state index contributed by atoms with van der Waals surface area (Å²) < 4.78 is 0. The predicted molar refractivity (Wildman–Crippen MR) is 110 cm³/mol. The standard InChI is InChI=1S/C21H28N6O/c1-16-6-9-27(10-7-16)21-23-17(2)15-18(24-21)20(28)26-13-11-25(12-14-26)19-5-3-4-8-22-19/h3-5,8,15-16H,6-7,9-14H2,1-2H3. The van der Waals surface area contributed by atoms with Crippen LogP contribution in [0.15, 0.2) is 30.5 Å². The highest BCUT2D eigenvalue weighted by Crippen LogP contribution is 2.21. The third kappa shape index (κ3) is 4.08. The van der Waals surface area contributed by atoms with Crippen molar-refractivity contribution in [3.63, 3.8) is 0 Å². The van der Waals surface area contributed by atoms with E-state index in [4.69, 9.17) is 0 Å². The molecular formula is C21H28N6O. The summed E-state index contributed by atoms with van der Waals surface area (Å²) in [6, 6.07) is 7.73. The first-order chi connectivity index (χ1) is 13.6. The smallest absolute Gasteiger partial charge is 0.272 e. The number of aryl methyl sites for hydroxylation is 1. The molecule has 0 bridgehead atoms. The van der Waals surface area contributed by atoms with Gasteiger partial charge in [-0.15, -0.1) is 0 Å². The second-order valence-electron chi connectivity index (χ2n) is 7.83. The van der Waals surface area contributed by atoms with Crippen molar-refractivity contribution >= 4 is 17.7 Å². The number of hydrogen-bond acceptors (Lipinski definition) is 6. The highest BCUT2D eigenvalue weighted by Gasteiger charge is 2.25. The molecule has 4 heterocycles. The lowest BCUT2D eigenvalue weighted by atomic mass is 10.00. The van der Waals surface area contributed by atoms with Gasteiger partial charge in [0.15, 0.2) is 0 Å². The minimum Gasteiger partial charge on any atom is -0.353 e. The van der Waals surface area contributed by atoms with Crippen LogP contribution in [0.5, 0.6) is 0 Å². The molecular weight excluding hydrogens is 352 g/mol. The van der Waals surface area contributed by atoms with Crippen LogP contribution in [0.1, 0.15) is 35.9 Å². The molecule has 0 unspecified atom stereocenters. The van der Waals surface area contributed by atoms with E-state index in [2.05, 4.69) is 31.7 Å². The summed E-state index contributed by atoms with van der Waals surface area (Å²) in [7, 11) is 0. The van der Waals surface area contributed by atoms with Gasteiger partial charge in [0.2, 0.25) is 5.95 Å². The zero-order valence-electron chi connectivity index (χ0n) is 16.7. The Kier molecular flexibility index (Phi) is 5.41. The zero-order valence-corrected chi connectivity index (χ0v) is 16.7. The average molecular weight is 380 g/mol. The number of piperazine rings is 1. The number of anilines is 2. The van der Waals surface area contributed by atoms with Crippen molar-refractivity contribution in [2.45, 2.75) is 26.7 Å². The van der Waals surface area contributed by atoms with Gasteiger partial charge in [-0.2, -0.15) is 0 Å². The van der Waals surface area contributed by atoms with Crippen LogP contribution in [-0.2, 0) is 0 Å². The van der Waals surface area contributed by atoms with Gasteiger partial charge in [-0.1, -0.05) is 13.0 Å². The van der Waals surface area contributed by atoms with Crippen molar-refractivity contribution in [2.75, 3.05) is 49.1 Å². The number of rotatable bonds is 3. The number of carbonyl (C=O) groups excluding carboxylic acids is 1. The number of pyridine rings is 1. The highest BCUT2D eigenvalue weighted by atomic mass is 16.2. The first kappa shape index (κ1) is 18.7. The predicted octanol–water partition coefficient (Wildman–Crippen LogP) is 2.38. The second kappa shape index (κ2) is 8.12. The molecule has 2 aliphatic heterocycles. The Balaban J connectivity index is 1.43. The van der Waals surface area contributed by atoms with E-state index in [1.165, 1.54) is 0 Å². The molecule has 1 amide bonds. The van der Waals surface area contributed by atoms with Crippen LogP contribution in [0.4, 0.5) is 11.8 Å². The van der Waals surface area contributed by atoms with Crippen LogP contribution < -0.4 is 9.80 Å². The molecule has 0 aliphatic carbocycles. The van der Waals surface area contributed by atoms with Gasteiger partial charge < -0.3 is 14.7 Å². The van der Waals surface area contributed by atoms with E-state index in [0.717, 1.165) is 56.5 Å². The van der Waals surface area contributed by atoms with E-state index in [0.29, 0.717) is 24.7 Å². The van der Waals surface area contributed by atoms with Crippen molar-refractivity contribution in [3.8, 4) is 0 Å². The number of nitrogens with zero attached hydrogens (tertiary/aromatic N) is 6. The van der Waals surface area contributed by atoms with Crippen LogP contribution in [0.2, 0.25) is 0 Å². The van der Waals surface area contributed by atoms with Crippen LogP contribution >= 0.6 is 0 Å². The summed E-state index contributed by atoms with van der Waals surface area (Å²) in [5.74, 6) is 2.41. The lowest BCUT2D eigenvalue weighted by Gasteiger charge is -2.35. The molecule has 28 heavy (non-hydrogen) atoms. The fourth-order valence-electron chi connectivity index (χ4n) is 3.85. The van der Waals surface area contributed by atoms with E-state index >= 15 is 0 Å². The Morgan fingerprint density at radius 2 is 1.75 bits per heavy atom. The molecule has 2 aromatic rings. The fourth-order valence-corrected chi connectivity index (χ4v) is 3.85. The molecule has 0 radical (unpaired) electrons. The third-order valence-electron chi connectivity index (χ3n) is 5.67. The summed E-state index contributed by atoms with van der Waals surface area (Å²) in [6.07, 6.45) is 4.10. The Hall–Kier alpha value is -2.70. The van der Waals surface area contributed by atoms with Crippen LogP contribution in [0, 0.1) is 12.8 Å². The topological polar surface area (TPSA) is 65.5 Å². The number of carbonyl (C=O) groups is 1. The molecule has 2 aromatic heterocycles. The number of hydrogen-bond donors (Lipinski definition) is 0. The van der Waals surface area contributed by atoms with Gasteiger partial charge in [0, 0.05) is 51.2 Å². The molecule has 0 spiro atoms. The Morgan fingerprint density at radius 1 is 1.00 bits per heavy atom. The lowest BCUT2D eigenvalue weighted by molar-refractivity contribution is 0.0740. The van der Waals surface area contributed by atoms with Gasteiger partial charge in [0.05, 0.1) is 0 Å². The Bertz CT molecular complexity index is 811. The van der Waals surface area contributed by atoms with Gasteiger partial charge >= 0.3 is 0 Å². The van der Waals surface area contributed by atoms with E-state index in [1.54, 1.807) is 6.20 Å². The monoisotopic (exact) mass is 380 g/mol. The number of piperidine rings is 1. The largest absolute Gasteiger partial charge is 0.353 e. The minimum atomic E-state index is -0.00204. The maximum absolute atomic E-state index is 13.1. The molecule has 0 atom stereocenters. The summed E-state index contributed by atoms with van der Waals surface area (Å²) in [4.78, 5) is 33.0. The average Bonchev–Trinajstić information content (AvgIpc) is 2.74. The SMILES string of the molecule is Cc1cc(C(=O)N2CCN(c3ccccn3)CC2)nc(N2CCC(C)CC2)n1. The maximum Gasteiger partial charge on any atom is 0.272 e. The summed E-state index contributed by atoms with van der Waals surface area (Å²) in [6.45, 7) is 9.06. The second-order valence-corrected chi connectivity index (χ2v) is 7.83. The molecule has 0 saturated carbocycles. The van der Waals surface area contributed by atoms with Crippen LogP contribution in [0.3, 0.4) is 0 Å². The first-order valence-corrected chi connectivity index (χ1v) is 10.2. The molecule has 7 heteroatoms. The van der Waals surface area contributed by atoms with Crippen molar-refractivity contribution in [1.29, 1.82) is 0 Å². The van der Waals surface area contributed by atoms with Gasteiger partial charge in [-0.05, 0) is 43.9 Å². The third-order valence-corrected chi connectivity index (χ3v) is 5.67. The quantitative estimate of drug-likeness (QED) is 0.815. The van der Waals surface area contributed by atoms with Crippen molar-refractivity contribution in [3.05, 3.63) is 41.9 Å². The number of aromatic nitrogens is 3. The summed E-state index contributed by atoms with van der Waals surface area (Å²) in [5, 5.41) is 0.